The van der Waals surface area contributed by atoms with Gasteiger partial charge in [0.1, 0.15) is 5.82 Å². The van der Waals surface area contributed by atoms with Crippen LogP contribution in [0.5, 0.6) is 0 Å². The zero-order valence-electron chi connectivity index (χ0n) is 13.8. The molecule has 0 heterocycles. The predicted octanol–water partition coefficient (Wildman–Crippen LogP) is 4.53. The molecule has 0 saturated carbocycles. The average molecular weight is 355 g/mol. The minimum Gasteiger partial charge on any atom is -0.259 e. The van der Waals surface area contributed by atoms with Gasteiger partial charge in [-0.1, -0.05) is 60.2 Å². The molecular weight excluding hydrogens is 337 g/mol. The lowest BCUT2D eigenvalue weighted by Crippen LogP contribution is -2.31. The standard InChI is InChI=1S/C20H18FNO2S/c1-16-11-13-17(14-12-16)15-22(20-10-6-5-9-19(20)21)25(23,24)18-7-3-2-4-8-18/h2-14H,15H2,1H3. The summed E-state index contributed by atoms with van der Waals surface area (Å²) in [6, 6.07) is 21.5. The van der Waals surface area contributed by atoms with E-state index in [0.29, 0.717) is 0 Å². The molecule has 0 N–H and O–H groups in total. The van der Waals surface area contributed by atoms with Gasteiger partial charge in [-0.25, -0.2) is 12.8 Å². The van der Waals surface area contributed by atoms with E-state index in [0.717, 1.165) is 15.4 Å². The van der Waals surface area contributed by atoms with Crippen LogP contribution in [0.2, 0.25) is 0 Å². The molecule has 0 unspecified atom stereocenters. The van der Waals surface area contributed by atoms with Crippen LogP contribution in [0.25, 0.3) is 0 Å². The van der Waals surface area contributed by atoms with Crippen molar-refractivity contribution < 1.29 is 12.8 Å². The van der Waals surface area contributed by atoms with Crippen LogP contribution in [0.15, 0.2) is 83.8 Å². The zero-order chi connectivity index (χ0) is 17.9. The van der Waals surface area contributed by atoms with Gasteiger partial charge < -0.3 is 0 Å². The lowest BCUT2D eigenvalue weighted by molar-refractivity contribution is 0.584. The normalized spacial score (nSPS) is 11.3. The van der Waals surface area contributed by atoms with Gasteiger partial charge in [0.15, 0.2) is 0 Å². The third-order valence-corrected chi connectivity index (χ3v) is 5.67. The first-order valence-corrected chi connectivity index (χ1v) is 9.30. The minimum atomic E-state index is -3.89. The molecule has 0 atom stereocenters. The molecule has 3 rings (SSSR count). The number of aryl methyl sites for hydroxylation is 1. The number of rotatable bonds is 5. The van der Waals surface area contributed by atoms with Gasteiger partial charge in [-0.15, -0.1) is 0 Å². The number of para-hydroxylation sites is 1. The molecule has 0 bridgehead atoms. The Hall–Kier alpha value is -2.66. The number of hydrogen-bond donors (Lipinski definition) is 0. The highest BCUT2D eigenvalue weighted by atomic mass is 32.2. The fourth-order valence-corrected chi connectivity index (χ4v) is 4.01. The summed E-state index contributed by atoms with van der Waals surface area (Å²) in [6.45, 7) is 2.01. The summed E-state index contributed by atoms with van der Waals surface area (Å²) in [5.41, 5.74) is 1.90. The fraction of sp³-hybridized carbons (Fsp3) is 0.100. The van der Waals surface area contributed by atoms with Crippen LogP contribution in [0.4, 0.5) is 10.1 Å². The van der Waals surface area contributed by atoms with Crippen molar-refractivity contribution in [3.63, 3.8) is 0 Å². The van der Waals surface area contributed by atoms with Crippen molar-refractivity contribution in [2.45, 2.75) is 18.4 Å². The number of benzene rings is 3. The molecule has 0 spiro atoms. The molecule has 3 nitrogen and oxygen atoms in total. The molecule has 0 amide bonds. The van der Waals surface area contributed by atoms with Crippen molar-refractivity contribution in [2.75, 3.05) is 4.31 Å². The van der Waals surface area contributed by atoms with Crippen molar-refractivity contribution in [1.82, 2.24) is 0 Å². The van der Waals surface area contributed by atoms with E-state index >= 15 is 0 Å². The molecule has 0 saturated heterocycles. The van der Waals surface area contributed by atoms with Crippen LogP contribution in [0.1, 0.15) is 11.1 Å². The largest absolute Gasteiger partial charge is 0.264 e. The minimum absolute atomic E-state index is 0.0342. The SMILES string of the molecule is Cc1ccc(CN(c2ccccc2F)S(=O)(=O)c2ccccc2)cc1. The average Bonchev–Trinajstić information content (AvgIpc) is 2.63. The molecule has 0 aliphatic heterocycles. The number of halogens is 1. The smallest absolute Gasteiger partial charge is 0.259 e. The zero-order valence-corrected chi connectivity index (χ0v) is 14.6. The van der Waals surface area contributed by atoms with E-state index in [4.69, 9.17) is 0 Å². The van der Waals surface area contributed by atoms with E-state index in [2.05, 4.69) is 0 Å². The first-order valence-electron chi connectivity index (χ1n) is 7.86. The van der Waals surface area contributed by atoms with Crippen LogP contribution >= 0.6 is 0 Å². The van der Waals surface area contributed by atoms with Gasteiger partial charge in [-0.2, -0.15) is 0 Å². The van der Waals surface area contributed by atoms with Gasteiger partial charge in [0.05, 0.1) is 17.1 Å². The van der Waals surface area contributed by atoms with Gasteiger partial charge in [-0.3, -0.25) is 4.31 Å². The molecule has 0 radical (unpaired) electrons. The van der Waals surface area contributed by atoms with E-state index < -0.39 is 15.8 Å². The van der Waals surface area contributed by atoms with Crippen molar-refractivity contribution in [3.05, 3.63) is 95.8 Å². The highest BCUT2D eigenvalue weighted by Crippen LogP contribution is 2.28. The molecule has 3 aromatic rings. The highest BCUT2D eigenvalue weighted by Gasteiger charge is 2.27. The summed E-state index contributed by atoms with van der Waals surface area (Å²) in [5, 5.41) is 0. The Labute approximate surface area is 147 Å². The first-order chi connectivity index (χ1) is 12.0. The van der Waals surface area contributed by atoms with Gasteiger partial charge >= 0.3 is 0 Å². The van der Waals surface area contributed by atoms with Crippen molar-refractivity contribution >= 4 is 15.7 Å². The summed E-state index contributed by atoms with van der Waals surface area (Å²) in [6.07, 6.45) is 0. The van der Waals surface area contributed by atoms with Gasteiger partial charge in [0.2, 0.25) is 0 Å². The monoisotopic (exact) mass is 355 g/mol. The molecule has 0 aliphatic rings. The molecule has 0 fully saturated rings. The quantitative estimate of drug-likeness (QED) is 0.674. The molecular formula is C20H18FNO2S. The maximum atomic E-state index is 14.3. The summed E-state index contributed by atoms with van der Waals surface area (Å²) in [7, 11) is -3.89. The van der Waals surface area contributed by atoms with Gasteiger partial charge in [-0.05, 0) is 36.8 Å². The maximum absolute atomic E-state index is 14.3. The second-order valence-electron chi connectivity index (χ2n) is 5.76. The third-order valence-electron chi connectivity index (χ3n) is 3.90. The highest BCUT2D eigenvalue weighted by molar-refractivity contribution is 7.92. The number of nitrogens with zero attached hydrogens (tertiary/aromatic N) is 1. The second-order valence-corrected chi connectivity index (χ2v) is 7.62. The summed E-state index contributed by atoms with van der Waals surface area (Å²) < 4.78 is 41.7. The predicted molar refractivity (Wildman–Crippen MR) is 97.4 cm³/mol. The Kier molecular flexibility index (Phi) is 4.86. The van der Waals surface area contributed by atoms with Crippen molar-refractivity contribution in [2.24, 2.45) is 0 Å². The number of hydrogen-bond acceptors (Lipinski definition) is 2. The van der Waals surface area contributed by atoms with E-state index in [-0.39, 0.29) is 17.1 Å². The van der Waals surface area contributed by atoms with E-state index in [9.17, 15) is 12.8 Å². The molecule has 3 aromatic carbocycles. The Morgan fingerprint density at radius 2 is 1.44 bits per heavy atom. The van der Waals surface area contributed by atoms with Crippen LogP contribution in [0, 0.1) is 12.7 Å². The van der Waals surface area contributed by atoms with Crippen molar-refractivity contribution in [1.29, 1.82) is 0 Å². The fourth-order valence-electron chi connectivity index (χ4n) is 2.53. The van der Waals surface area contributed by atoms with Gasteiger partial charge in [0, 0.05) is 0 Å². The molecule has 25 heavy (non-hydrogen) atoms. The Bertz CT molecular complexity index is 955. The van der Waals surface area contributed by atoms with E-state index in [1.165, 1.54) is 30.3 Å². The summed E-state index contributed by atoms with van der Waals surface area (Å²) in [5.74, 6) is -0.575. The third kappa shape index (κ3) is 3.72. The van der Waals surface area contributed by atoms with Crippen LogP contribution in [-0.4, -0.2) is 8.42 Å². The molecule has 128 valence electrons. The van der Waals surface area contributed by atoms with E-state index in [1.807, 2.05) is 31.2 Å². The Morgan fingerprint density at radius 1 is 0.840 bits per heavy atom. The lowest BCUT2D eigenvalue weighted by atomic mass is 10.1. The van der Waals surface area contributed by atoms with Crippen molar-refractivity contribution in [3.8, 4) is 0 Å². The van der Waals surface area contributed by atoms with Crippen LogP contribution in [0.3, 0.4) is 0 Å². The molecule has 5 heteroatoms. The molecule has 0 aromatic heterocycles. The van der Waals surface area contributed by atoms with E-state index in [1.54, 1.807) is 24.3 Å². The molecule has 0 aliphatic carbocycles. The topological polar surface area (TPSA) is 37.4 Å². The van der Waals surface area contributed by atoms with Crippen LogP contribution < -0.4 is 4.31 Å². The summed E-state index contributed by atoms with van der Waals surface area (Å²) >= 11 is 0. The number of sulfonamides is 1. The van der Waals surface area contributed by atoms with Gasteiger partial charge in [0.25, 0.3) is 10.0 Å². The Morgan fingerprint density at radius 3 is 2.08 bits per heavy atom. The summed E-state index contributed by atoms with van der Waals surface area (Å²) in [4.78, 5) is 0.130. The second kappa shape index (κ2) is 7.07. The first kappa shape index (κ1) is 17.2. The Balaban J connectivity index is 2.09. The number of anilines is 1. The lowest BCUT2D eigenvalue weighted by Gasteiger charge is -2.25. The van der Waals surface area contributed by atoms with Crippen LogP contribution in [-0.2, 0) is 16.6 Å². The maximum Gasteiger partial charge on any atom is 0.264 e.